The van der Waals surface area contributed by atoms with E-state index in [0.717, 1.165) is 5.70 Å². The van der Waals surface area contributed by atoms with Gasteiger partial charge in [0.25, 0.3) is 5.91 Å². The molecule has 0 aliphatic rings. The number of nitrogens with one attached hydrogen (secondary N) is 2. The molecule has 1 rings (SSSR count). The molecule has 25 heavy (non-hydrogen) atoms. The average Bonchev–Trinajstić information content (AvgIpc) is 2.52. The number of benzene rings is 1. The predicted molar refractivity (Wildman–Crippen MR) is 103 cm³/mol. The van der Waals surface area contributed by atoms with Crippen LogP contribution in [0.15, 0.2) is 77.3 Å². The largest absolute Gasteiger partial charge is 0.324 e. The van der Waals surface area contributed by atoms with Gasteiger partial charge in [-0.05, 0) is 25.1 Å². The molecule has 0 fully saturated rings. The van der Waals surface area contributed by atoms with E-state index in [2.05, 4.69) is 28.7 Å². The molecule has 6 nitrogen and oxygen atoms in total. The van der Waals surface area contributed by atoms with E-state index in [4.69, 9.17) is 5.41 Å². The first-order valence-corrected chi connectivity index (χ1v) is 7.82. The highest BCUT2D eigenvalue weighted by Crippen LogP contribution is 2.13. The minimum Gasteiger partial charge on any atom is -0.324 e. The molecule has 1 aromatic rings. The molecule has 1 atom stereocenters. The molecular formula is C19H26N5O+. The third-order valence-electron chi connectivity index (χ3n) is 3.30. The van der Waals surface area contributed by atoms with E-state index in [1.54, 1.807) is 24.3 Å². The van der Waals surface area contributed by atoms with E-state index in [1.165, 1.54) is 6.92 Å². The fourth-order valence-corrected chi connectivity index (χ4v) is 1.93. The van der Waals surface area contributed by atoms with Gasteiger partial charge in [0.05, 0.1) is 26.8 Å². The minimum absolute atomic E-state index is 0.101. The molecule has 132 valence electrons. The number of anilines is 1. The Bertz CT molecular complexity index is 711. The van der Waals surface area contributed by atoms with Crippen molar-refractivity contribution in [3.8, 4) is 0 Å². The van der Waals surface area contributed by atoms with Crippen LogP contribution in [0, 0.1) is 5.41 Å². The van der Waals surface area contributed by atoms with Crippen molar-refractivity contribution >= 4 is 17.3 Å². The number of para-hydroxylation sites is 1. The first kappa shape index (κ1) is 20.2. The zero-order valence-corrected chi connectivity index (χ0v) is 15.3. The highest BCUT2D eigenvalue weighted by Gasteiger charge is 2.20. The number of carbonyl (C=O) groups is 1. The van der Waals surface area contributed by atoms with E-state index in [0.29, 0.717) is 15.9 Å². The van der Waals surface area contributed by atoms with Crippen LogP contribution in [-0.2, 0) is 4.79 Å². The Morgan fingerprint density at radius 2 is 1.88 bits per heavy atom. The zero-order valence-electron chi connectivity index (χ0n) is 15.3. The highest BCUT2D eigenvalue weighted by atomic mass is 16.2. The molecule has 1 unspecified atom stereocenters. The van der Waals surface area contributed by atoms with Gasteiger partial charge in [-0.25, -0.2) is 0 Å². The van der Waals surface area contributed by atoms with Crippen LogP contribution in [0.4, 0.5) is 5.69 Å². The second kappa shape index (κ2) is 8.84. The number of azo groups is 1. The molecule has 0 heterocycles. The second-order valence-corrected chi connectivity index (χ2v) is 6.43. The summed E-state index contributed by atoms with van der Waals surface area (Å²) in [7, 11) is 5.99. The topological polar surface area (TPSA) is 77.7 Å². The van der Waals surface area contributed by atoms with Gasteiger partial charge in [0.15, 0.2) is 6.04 Å². The number of likely N-dealkylation sites (N-methyl/N-ethyl adjacent to an activating group) is 1. The van der Waals surface area contributed by atoms with Gasteiger partial charge in [0.2, 0.25) is 0 Å². The summed E-state index contributed by atoms with van der Waals surface area (Å²) < 4.78 is 0.555. The maximum atomic E-state index is 12.3. The van der Waals surface area contributed by atoms with Crippen molar-refractivity contribution in [3.63, 3.8) is 0 Å². The van der Waals surface area contributed by atoms with Crippen molar-refractivity contribution in [2.24, 2.45) is 10.2 Å². The normalized spacial score (nSPS) is 13.4. The SMILES string of the molecule is C=C/C(=C\C(=C)N=NC(C(C)=N)C(=O)Nc1ccccc1)[N+](C)(C)C. The van der Waals surface area contributed by atoms with Gasteiger partial charge in [-0.3, -0.25) is 9.28 Å². The van der Waals surface area contributed by atoms with E-state index in [1.807, 2.05) is 39.3 Å². The van der Waals surface area contributed by atoms with Crippen molar-refractivity contribution in [3.05, 3.63) is 67.0 Å². The lowest BCUT2D eigenvalue weighted by atomic mass is 10.2. The summed E-state index contributed by atoms with van der Waals surface area (Å²) in [6.07, 6.45) is 3.48. The summed E-state index contributed by atoms with van der Waals surface area (Å²) in [5, 5.41) is 18.5. The minimum atomic E-state index is -0.998. The molecule has 0 aliphatic heterocycles. The Morgan fingerprint density at radius 3 is 2.36 bits per heavy atom. The highest BCUT2D eigenvalue weighted by molar-refractivity contribution is 6.11. The van der Waals surface area contributed by atoms with Gasteiger partial charge in [-0.15, -0.1) is 0 Å². The van der Waals surface area contributed by atoms with E-state index in [-0.39, 0.29) is 5.71 Å². The smallest absolute Gasteiger partial charge is 0.256 e. The molecule has 0 bridgehead atoms. The molecule has 1 aromatic carbocycles. The quantitative estimate of drug-likeness (QED) is 0.321. The Balaban J connectivity index is 2.90. The fraction of sp³-hybridized carbons (Fsp3) is 0.263. The lowest BCUT2D eigenvalue weighted by Crippen LogP contribution is -2.32. The van der Waals surface area contributed by atoms with Gasteiger partial charge in [-0.2, -0.15) is 10.2 Å². The molecule has 6 heteroatoms. The fourth-order valence-electron chi connectivity index (χ4n) is 1.93. The van der Waals surface area contributed by atoms with Crippen molar-refractivity contribution < 1.29 is 9.28 Å². The third-order valence-corrected chi connectivity index (χ3v) is 3.30. The number of quaternary nitrogens is 1. The van der Waals surface area contributed by atoms with Crippen molar-refractivity contribution in [1.29, 1.82) is 5.41 Å². The van der Waals surface area contributed by atoms with Crippen molar-refractivity contribution in [2.75, 3.05) is 26.5 Å². The van der Waals surface area contributed by atoms with Crippen LogP contribution >= 0.6 is 0 Å². The van der Waals surface area contributed by atoms with E-state index >= 15 is 0 Å². The summed E-state index contributed by atoms with van der Waals surface area (Å²) >= 11 is 0. The molecule has 1 amide bonds. The van der Waals surface area contributed by atoms with Gasteiger partial charge < -0.3 is 10.7 Å². The first-order valence-electron chi connectivity index (χ1n) is 7.82. The average molecular weight is 340 g/mol. The van der Waals surface area contributed by atoms with Gasteiger partial charge >= 0.3 is 0 Å². The van der Waals surface area contributed by atoms with Crippen LogP contribution in [0.5, 0.6) is 0 Å². The monoisotopic (exact) mass is 340 g/mol. The van der Waals surface area contributed by atoms with Crippen LogP contribution in [0.3, 0.4) is 0 Å². The van der Waals surface area contributed by atoms with Gasteiger partial charge in [0, 0.05) is 17.5 Å². The summed E-state index contributed by atoms with van der Waals surface area (Å²) in [6.45, 7) is 9.14. The van der Waals surface area contributed by atoms with Crippen molar-refractivity contribution in [1.82, 2.24) is 0 Å². The number of carbonyl (C=O) groups excluding carboxylic acids is 1. The maximum absolute atomic E-state index is 12.3. The van der Waals surface area contributed by atoms with Crippen LogP contribution in [0.25, 0.3) is 0 Å². The Kier molecular flexibility index (Phi) is 7.14. The van der Waals surface area contributed by atoms with Crippen LogP contribution < -0.4 is 5.32 Å². The Morgan fingerprint density at radius 1 is 1.28 bits per heavy atom. The number of hydrogen-bond acceptors (Lipinski definition) is 4. The molecule has 0 saturated carbocycles. The Labute approximate surface area is 149 Å². The number of rotatable bonds is 8. The maximum Gasteiger partial charge on any atom is 0.256 e. The Hall–Kier alpha value is -2.86. The van der Waals surface area contributed by atoms with E-state index in [9.17, 15) is 4.79 Å². The number of hydrogen-bond donors (Lipinski definition) is 2. The summed E-state index contributed by atoms with van der Waals surface area (Å²) in [5.74, 6) is -0.408. The number of amides is 1. The molecule has 0 aliphatic carbocycles. The number of nitrogens with zero attached hydrogens (tertiary/aromatic N) is 3. The van der Waals surface area contributed by atoms with E-state index < -0.39 is 11.9 Å². The van der Waals surface area contributed by atoms with Gasteiger partial charge in [-0.1, -0.05) is 31.4 Å². The van der Waals surface area contributed by atoms with Crippen LogP contribution in [0.2, 0.25) is 0 Å². The molecular weight excluding hydrogens is 314 g/mol. The summed E-state index contributed by atoms with van der Waals surface area (Å²) in [5.41, 5.74) is 2.04. The molecule has 0 spiro atoms. The summed E-state index contributed by atoms with van der Waals surface area (Å²) in [4.78, 5) is 12.3. The molecule has 0 saturated heterocycles. The number of allylic oxidation sites excluding steroid dienone is 2. The van der Waals surface area contributed by atoms with Crippen LogP contribution in [0.1, 0.15) is 6.92 Å². The van der Waals surface area contributed by atoms with Gasteiger partial charge in [0.1, 0.15) is 5.70 Å². The predicted octanol–water partition coefficient (Wildman–Crippen LogP) is 3.78. The zero-order chi connectivity index (χ0) is 19.0. The molecule has 2 N–H and O–H groups in total. The summed E-state index contributed by atoms with van der Waals surface area (Å²) in [6, 6.07) is 8.03. The first-order chi connectivity index (χ1) is 11.6. The standard InChI is InChI=1S/C19H25N5O/c1-7-17(24(4,5)6)13-14(2)22-23-18(15(3)20)19(25)21-16-11-9-8-10-12-16/h7-13,18,20H,1-2H2,3-6H3/p+1/b17-13+,20-15?,23-22?. The lowest BCUT2D eigenvalue weighted by Gasteiger charge is -2.24. The second-order valence-electron chi connectivity index (χ2n) is 6.43. The van der Waals surface area contributed by atoms with Crippen LogP contribution in [-0.4, -0.2) is 43.3 Å². The van der Waals surface area contributed by atoms with Crippen molar-refractivity contribution in [2.45, 2.75) is 13.0 Å². The lowest BCUT2D eigenvalue weighted by molar-refractivity contribution is -0.828. The molecule has 0 aromatic heterocycles. The third kappa shape index (κ3) is 6.64. The molecule has 0 radical (unpaired) electrons.